The second-order valence-electron chi connectivity index (χ2n) is 8.11. The van der Waals surface area contributed by atoms with Crippen molar-refractivity contribution in [2.45, 2.75) is 19.2 Å². The van der Waals surface area contributed by atoms with Crippen molar-refractivity contribution in [3.05, 3.63) is 107 Å². The molecule has 0 heterocycles. The number of hydrogen-bond acceptors (Lipinski definition) is 2. The summed E-state index contributed by atoms with van der Waals surface area (Å²) in [6.07, 6.45) is -9.29. The molecular weight excluding hydrogens is 520 g/mol. The SMILES string of the molecule is CCOc1ccc(-c2ccc(-c3cc(F)c(C(F)(F)Oc4ccc(C(F)(F)F)cc4)c(F)c3)c(F)c2)cc1. The molecule has 0 aliphatic heterocycles. The van der Waals surface area contributed by atoms with E-state index < -0.39 is 46.6 Å². The maximum atomic E-state index is 14.9. The second kappa shape index (κ2) is 10.4. The van der Waals surface area contributed by atoms with Crippen molar-refractivity contribution < 1.29 is 44.6 Å². The van der Waals surface area contributed by atoms with Crippen LogP contribution in [0.3, 0.4) is 0 Å². The lowest BCUT2D eigenvalue weighted by Gasteiger charge is -2.20. The van der Waals surface area contributed by atoms with Gasteiger partial charge in [-0.25, -0.2) is 13.2 Å². The van der Waals surface area contributed by atoms with Crippen LogP contribution < -0.4 is 9.47 Å². The third kappa shape index (κ3) is 5.74. The molecule has 0 spiro atoms. The van der Waals surface area contributed by atoms with Crippen LogP contribution in [-0.2, 0) is 12.3 Å². The summed E-state index contributed by atoms with van der Waals surface area (Å²) < 4.78 is 121. The van der Waals surface area contributed by atoms with Gasteiger partial charge in [0.2, 0.25) is 0 Å². The predicted molar refractivity (Wildman–Crippen MR) is 124 cm³/mol. The Kier molecular flexibility index (Phi) is 7.35. The van der Waals surface area contributed by atoms with Crippen LogP contribution in [0.2, 0.25) is 0 Å². The maximum Gasteiger partial charge on any atom is 0.432 e. The molecule has 0 aromatic heterocycles. The Morgan fingerprint density at radius 2 is 1.13 bits per heavy atom. The third-order valence-corrected chi connectivity index (χ3v) is 5.54. The van der Waals surface area contributed by atoms with Gasteiger partial charge in [0.25, 0.3) is 0 Å². The summed E-state index contributed by atoms with van der Waals surface area (Å²) in [4.78, 5) is 0. The van der Waals surface area contributed by atoms with E-state index in [4.69, 9.17) is 4.74 Å². The molecule has 0 aliphatic carbocycles. The Morgan fingerprint density at radius 1 is 0.605 bits per heavy atom. The van der Waals surface area contributed by atoms with Crippen LogP contribution in [0.4, 0.5) is 35.1 Å². The Balaban J connectivity index is 1.60. The fraction of sp³-hybridized carbons (Fsp3) is 0.143. The highest BCUT2D eigenvalue weighted by Crippen LogP contribution is 2.39. The monoisotopic (exact) mass is 538 g/mol. The van der Waals surface area contributed by atoms with Gasteiger partial charge in [0.05, 0.1) is 12.2 Å². The Morgan fingerprint density at radius 3 is 1.66 bits per heavy atom. The molecule has 198 valence electrons. The first-order valence-electron chi connectivity index (χ1n) is 11.2. The van der Waals surface area contributed by atoms with Gasteiger partial charge in [0.15, 0.2) is 0 Å². The van der Waals surface area contributed by atoms with Gasteiger partial charge in [-0.05, 0) is 78.2 Å². The van der Waals surface area contributed by atoms with E-state index in [2.05, 4.69) is 4.74 Å². The lowest BCUT2D eigenvalue weighted by Crippen LogP contribution is -2.25. The smallest absolute Gasteiger partial charge is 0.432 e. The predicted octanol–water partition coefficient (Wildman–Crippen LogP) is 8.98. The Bertz CT molecular complexity index is 1410. The van der Waals surface area contributed by atoms with Gasteiger partial charge in [-0.2, -0.15) is 22.0 Å². The number of alkyl halides is 5. The minimum atomic E-state index is -4.71. The summed E-state index contributed by atoms with van der Waals surface area (Å²) in [6, 6.07) is 13.9. The fourth-order valence-electron chi connectivity index (χ4n) is 3.76. The van der Waals surface area contributed by atoms with Gasteiger partial charge in [-0.15, -0.1) is 0 Å². The van der Waals surface area contributed by atoms with Crippen LogP contribution in [-0.4, -0.2) is 6.61 Å². The molecular formula is C28H18F8O2. The first kappa shape index (κ1) is 27.0. The molecule has 10 heteroatoms. The maximum absolute atomic E-state index is 14.9. The van der Waals surface area contributed by atoms with Gasteiger partial charge in [-0.1, -0.05) is 24.3 Å². The molecule has 2 nitrogen and oxygen atoms in total. The van der Waals surface area contributed by atoms with E-state index in [0.717, 1.165) is 6.07 Å². The van der Waals surface area contributed by atoms with E-state index in [-0.39, 0.29) is 11.1 Å². The van der Waals surface area contributed by atoms with Crippen molar-refractivity contribution in [1.29, 1.82) is 0 Å². The van der Waals surface area contributed by atoms with E-state index in [9.17, 15) is 35.1 Å². The zero-order valence-corrected chi connectivity index (χ0v) is 19.6. The molecule has 4 aromatic carbocycles. The summed E-state index contributed by atoms with van der Waals surface area (Å²) in [6.45, 7) is 2.30. The molecule has 0 aliphatic rings. The average molecular weight is 538 g/mol. The van der Waals surface area contributed by atoms with Gasteiger partial charge in [0.1, 0.15) is 34.5 Å². The molecule has 0 amide bonds. The van der Waals surface area contributed by atoms with Crippen molar-refractivity contribution in [2.75, 3.05) is 6.61 Å². The lowest BCUT2D eigenvalue weighted by molar-refractivity contribution is -0.189. The van der Waals surface area contributed by atoms with E-state index >= 15 is 0 Å². The van der Waals surface area contributed by atoms with Crippen LogP contribution >= 0.6 is 0 Å². The topological polar surface area (TPSA) is 18.5 Å². The highest BCUT2D eigenvalue weighted by atomic mass is 19.4. The number of hydrogen-bond donors (Lipinski definition) is 0. The summed E-state index contributed by atoms with van der Waals surface area (Å²) in [5, 5.41) is 0. The molecule has 0 unspecified atom stereocenters. The number of ether oxygens (including phenoxy) is 2. The molecule has 0 saturated carbocycles. The largest absolute Gasteiger partial charge is 0.494 e. The highest BCUT2D eigenvalue weighted by Gasteiger charge is 2.41. The molecule has 0 fully saturated rings. The molecule has 0 radical (unpaired) electrons. The van der Waals surface area contributed by atoms with Crippen LogP contribution in [0, 0.1) is 17.5 Å². The standard InChI is InChI=1S/C28H18F8O2/c1-2-37-20-8-3-16(4-9-20)17-5-12-22(23(29)13-17)18-14-24(30)26(25(31)15-18)28(35,36)38-21-10-6-19(7-11-21)27(32,33)34/h3-15H,2H2,1H3. The molecule has 0 atom stereocenters. The minimum Gasteiger partial charge on any atom is -0.494 e. The average Bonchev–Trinajstić information content (AvgIpc) is 2.83. The van der Waals surface area contributed by atoms with E-state index in [1.807, 2.05) is 6.92 Å². The zero-order valence-electron chi connectivity index (χ0n) is 19.6. The minimum absolute atomic E-state index is 0.240. The molecule has 0 saturated heterocycles. The molecule has 0 N–H and O–H groups in total. The van der Waals surface area contributed by atoms with Crippen molar-refractivity contribution in [3.8, 4) is 33.8 Å². The zero-order chi connectivity index (χ0) is 27.7. The van der Waals surface area contributed by atoms with Crippen molar-refractivity contribution in [3.63, 3.8) is 0 Å². The van der Waals surface area contributed by atoms with Crippen LogP contribution in [0.5, 0.6) is 11.5 Å². The van der Waals surface area contributed by atoms with Crippen LogP contribution in [0.25, 0.3) is 22.3 Å². The van der Waals surface area contributed by atoms with Crippen LogP contribution in [0.1, 0.15) is 18.1 Å². The van der Waals surface area contributed by atoms with Crippen molar-refractivity contribution in [2.24, 2.45) is 0 Å². The van der Waals surface area contributed by atoms with Gasteiger partial charge >= 0.3 is 12.3 Å². The first-order valence-corrected chi connectivity index (χ1v) is 11.2. The molecule has 38 heavy (non-hydrogen) atoms. The third-order valence-electron chi connectivity index (χ3n) is 5.54. The highest BCUT2D eigenvalue weighted by molar-refractivity contribution is 5.71. The van der Waals surface area contributed by atoms with E-state index in [0.29, 0.717) is 59.9 Å². The number of halogens is 8. The number of rotatable bonds is 7. The van der Waals surface area contributed by atoms with Crippen molar-refractivity contribution >= 4 is 0 Å². The molecule has 4 rings (SSSR count). The van der Waals surface area contributed by atoms with E-state index in [1.54, 1.807) is 24.3 Å². The Labute approximate surface area is 212 Å². The van der Waals surface area contributed by atoms with Crippen LogP contribution in [0.15, 0.2) is 78.9 Å². The van der Waals surface area contributed by atoms with Crippen molar-refractivity contribution in [1.82, 2.24) is 0 Å². The normalized spacial score (nSPS) is 11.9. The van der Waals surface area contributed by atoms with Gasteiger partial charge < -0.3 is 9.47 Å². The summed E-state index contributed by atoms with van der Waals surface area (Å²) in [7, 11) is 0. The molecule has 4 aromatic rings. The quantitative estimate of drug-likeness (QED) is 0.219. The number of benzene rings is 4. The van der Waals surface area contributed by atoms with E-state index in [1.165, 1.54) is 12.1 Å². The summed E-state index contributed by atoms with van der Waals surface area (Å²) in [5.74, 6) is -4.44. The van der Waals surface area contributed by atoms with Gasteiger partial charge in [-0.3, -0.25) is 0 Å². The molecule has 0 bridgehead atoms. The first-order chi connectivity index (χ1) is 17.9. The summed E-state index contributed by atoms with van der Waals surface area (Å²) >= 11 is 0. The second-order valence-corrected chi connectivity index (χ2v) is 8.11. The summed E-state index contributed by atoms with van der Waals surface area (Å²) in [5.41, 5.74) is -2.37. The lowest BCUT2D eigenvalue weighted by atomic mass is 9.98. The Hall–Kier alpha value is -4.08. The fourth-order valence-corrected chi connectivity index (χ4v) is 3.76. The van der Waals surface area contributed by atoms with Gasteiger partial charge in [0, 0.05) is 5.56 Å².